The summed E-state index contributed by atoms with van der Waals surface area (Å²) in [6.45, 7) is -0.658. The van der Waals surface area contributed by atoms with E-state index in [-0.39, 0.29) is 11.1 Å². The average molecular weight is 613 g/mol. The maximum absolute atomic E-state index is 13.9. The molecule has 0 aromatic heterocycles. The van der Waals surface area contributed by atoms with Gasteiger partial charge in [0.1, 0.15) is 12.6 Å². The van der Waals surface area contributed by atoms with Crippen molar-refractivity contribution in [3.8, 4) is 0 Å². The smallest absolute Gasteiger partial charge is 0.460 e. The Labute approximate surface area is 213 Å². The first-order valence-electron chi connectivity index (χ1n) is 10.2. The van der Waals surface area contributed by atoms with E-state index in [9.17, 15) is 71.5 Å². The standard InChI is InChI=1S/C20H16F13NO6/c21-15(22,16(23,24)17(25,26)18(27,28)19(29,30)20(31,32)33)6-5-9-1-3-10(4-2-9)8-40-14(39)34-11(13(37)38)7-12(35)36/h1-4,11H,5-8H2,(H,34,39)(H,35,36)(H,37,38)/t11-/m1/s1. The number of nitrogens with one attached hydrogen (secondary N) is 1. The molecule has 0 saturated heterocycles. The molecule has 1 aromatic carbocycles. The number of carbonyl (C=O) groups is 3. The summed E-state index contributed by atoms with van der Waals surface area (Å²) in [6, 6.07) is 1.76. The van der Waals surface area contributed by atoms with E-state index in [1.807, 2.05) is 0 Å². The van der Waals surface area contributed by atoms with Crippen molar-refractivity contribution >= 4 is 18.0 Å². The summed E-state index contributed by atoms with van der Waals surface area (Å²) < 4.78 is 176. The predicted octanol–water partition coefficient (Wildman–Crippen LogP) is 5.51. The summed E-state index contributed by atoms with van der Waals surface area (Å²) in [6.07, 6.45) is -13.6. The summed E-state index contributed by atoms with van der Waals surface area (Å²) in [5, 5.41) is 19.1. The second-order valence-corrected chi connectivity index (χ2v) is 8.03. The summed E-state index contributed by atoms with van der Waals surface area (Å²) in [7, 11) is 0. The molecule has 1 atom stereocenters. The Kier molecular flexibility index (Phi) is 9.98. The Bertz CT molecular complexity index is 1070. The van der Waals surface area contributed by atoms with Gasteiger partial charge in [-0.25, -0.2) is 9.59 Å². The maximum atomic E-state index is 13.9. The van der Waals surface area contributed by atoms with E-state index in [1.54, 1.807) is 5.32 Å². The fourth-order valence-electron chi connectivity index (χ4n) is 2.77. The van der Waals surface area contributed by atoms with Gasteiger partial charge in [0.15, 0.2) is 0 Å². The number of carbonyl (C=O) groups excluding carboxylic acids is 1. The topological polar surface area (TPSA) is 113 Å². The SMILES string of the molecule is O=C(O)C[C@@H](NC(=O)OCc1ccc(CCC(F)(F)C(F)(F)C(F)(F)C(F)(F)C(F)(F)C(F)(F)F)cc1)C(=O)O. The highest BCUT2D eigenvalue weighted by atomic mass is 19.4. The van der Waals surface area contributed by atoms with E-state index in [2.05, 4.69) is 4.74 Å². The lowest BCUT2D eigenvalue weighted by Gasteiger charge is -2.39. The first-order valence-corrected chi connectivity index (χ1v) is 10.2. The first kappa shape index (κ1) is 34.5. The average Bonchev–Trinajstić information content (AvgIpc) is 2.80. The van der Waals surface area contributed by atoms with Gasteiger partial charge in [-0.2, -0.15) is 57.1 Å². The van der Waals surface area contributed by atoms with E-state index in [0.717, 1.165) is 24.3 Å². The van der Waals surface area contributed by atoms with Gasteiger partial charge in [0.05, 0.1) is 6.42 Å². The van der Waals surface area contributed by atoms with Crippen molar-refractivity contribution in [3.63, 3.8) is 0 Å². The van der Waals surface area contributed by atoms with Crippen LogP contribution in [0.1, 0.15) is 24.0 Å². The number of alkyl carbamates (subject to hydrolysis) is 1. The van der Waals surface area contributed by atoms with Gasteiger partial charge in [-0.1, -0.05) is 24.3 Å². The zero-order valence-corrected chi connectivity index (χ0v) is 19.2. The van der Waals surface area contributed by atoms with Crippen LogP contribution in [0.5, 0.6) is 0 Å². The van der Waals surface area contributed by atoms with Crippen LogP contribution in [0.3, 0.4) is 0 Å². The monoisotopic (exact) mass is 613 g/mol. The molecular weight excluding hydrogens is 597 g/mol. The number of hydrogen-bond donors (Lipinski definition) is 3. The van der Waals surface area contributed by atoms with Crippen LogP contribution in [0, 0.1) is 0 Å². The van der Waals surface area contributed by atoms with Crippen LogP contribution < -0.4 is 5.32 Å². The number of hydrogen-bond acceptors (Lipinski definition) is 4. The molecule has 0 aliphatic carbocycles. The first-order chi connectivity index (χ1) is 17.8. The third-order valence-electron chi connectivity index (χ3n) is 5.09. The highest BCUT2D eigenvalue weighted by molar-refractivity contribution is 5.84. The van der Waals surface area contributed by atoms with Gasteiger partial charge in [0.25, 0.3) is 0 Å². The summed E-state index contributed by atoms with van der Waals surface area (Å²) in [4.78, 5) is 33.0. The fraction of sp³-hybridized carbons (Fsp3) is 0.550. The molecule has 0 heterocycles. The molecule has 0 aliphatic rings. The van der Waals surface area contributed by atoms with Gasteiger partial charge >= 0.3 is 53.8 Å². The molecule has 1 amide bonds. The molecule has 1 aromatic rings. The van der Waals surface area contributed by atoms with Crippen molar-refractivity contribution in [1.82, 2.24) is 5.32 Å². The largest absolute Gasteiger partial charge is 0.481 e. The number of carboxylic acids is 2. The minimum Gasteiger partial charge on any atom is -0.481 e. The Hall–Kier alpha value is -3.48. The number of ether oxygens (including phenoxy) is 1. The van der Waals surface area contributed by atoms with Crippen LogP contribution in [0.25, 0.3) is 0 Å². The molecule has 0 saturated carbocycles. The highest BCUT2D eigenvalue weighted by Crippen LogP contribution is 2.60. The highest BCUT2D eigenvalue weighted by Gasteiger charge is 2.90. The molecule has 20 heteroatoms. The lowest BCUT2D eigenvalue weighted by atomic mass is 9.91. The number of rotatable bonds is 13. The van der Waals surface area contributed by atoms with Crippen molar-refractivity contribution in [1.29, 1.82) is 0 Å². The van der Waals surface area contributed by atoms with Crippen LogP contribution in [-0.2, 0) is 27.4 Å². The molecule has 40 heavy (non-hydrogen) atoms. The fourth-order valence-corrected chi connectivity index (χ4v) is 2.77. The molecule has 3 N–H and O–H groups in total. The lowest BCUT2D eigenvalue weighted by molar-refractivity contribution is -0.440. The molecule has 0 fully saturated rings. The van der Waals surface area contributed by atoms with E-state index in [0.29, 0.717) is 0 Å². The quantitative estimate of drug-likeness (QED) is 0.253. The molecule has 0 unspecified atom stereocenters. The number of alkyl halides is 13. The van der Waals surface area contributed by atoms with Gasteiger partial charge in [-0.05, 0) is 17.5 Å². The maximum Gasteiger partial charge on any atom is 0.460 e. The summed E-state index contributed by atoms with van der Waals surface area (Å²) in [5.41, 5.74) is -0.367. The Morgan fingerprint density at radius 1 is 0.725 bits per heavy atom. The minimum atomic E-state index is -7.97. The molecule has 0 spiro atoms. The van der Waals surface area contributed by atoms with Crippen molar-refractivity contribution in [2.24, 2.45) is 0 Å². The second kappa shape index (κ2) is 11.6. The third-order valence-corrected chi connectivity index (χ3v) is 5.09. The normalized spacial score (nSPS) is 14.4. The molecule has 0 aliphatic heterocycles. The van der Waals surface area contributed by atoms with Gasteiger partial charge in [-0.3, -0.25) is 4.79 Å². The minimum absolute atomic E-state index is 0.0154. The zero-order valence-electron chi connectivity index (χ0n) is 19.2. The molecule has 228 valence electrons. The summed E-state index contributed by atoms with van der Waals surface area (Å²) >= 11 is 0. The lowest BCUT2D eigenvalue weighted by Crippen LogP contribution is -2.70. The Morgan fingerprint density at radius 3 is 1.60 bits per heavy atom. The number of halogens is 13. The van der Waals surface area contributed by atoms with Crippen molar-refractivity contribution in [2.75, 3.05) is 0 Å². The summed E-state index contributed by atoms with van der Waals surface area (Å²) in [5.74, 6) is -40.6. The number of aryl methyl sites for hydroxylation is 1. The van der Waals surface area contributed by atoms with Crippen molar-refractivity contribution in [2.45, 2.75) is 67.7 Å². The van der Waals surface area contributed by atoms with Gasteiger partial charge in [0.2, 0.25) is 0 Å². The van der Waals surface area contributed by atoms with E-state index in [1.165, 1.54) is 0 Å². The molecule has 7 nitrogen and oxygen atoms in total. The van der Waals surface area contributed by atoms with Crippen molar-refractivity contribution < 1.29 is 86.4 Å². The van der Waals surface area contributed by atoms with Crippen LogP contribution in [0.15, 0.2) is 24.3 Å². The van der Waals surface area contributed by atoms with Crippen LogP contribution in [0.4, 0.5) is 61.9 Å². The predicted molar refractivity (Wildman–Crippen MR) is 103 cm³/mol. The second-order valence-electron chi connectivity index (χ2n) is 8.03. The zero-order chi connectivity index (χ0) is 31.5. The molecule has 0 radical (unpaired) electrons. The van der Waals surface area contributed by atoms with E-state index >= 15 is 0 Å². The van der Waals surface area contributed by atoms with Crippen LogP contribution in [-0.4, -0.2) is 70.1 Å². The van der Waals surface area contributed by atoms with E-state index in [4.69, 9.17) is 10.2 Å². The molecule has 1 rings (SSSR count). The third kappa shape index (κ3) is 6.98. The number of carboxylic acid groups (broad SMARTS) is 2. The Balaban J connectivity index is 2.91. The van der Waals surface area contributed by atoms with Crippen LogP contribution >= 0.6 is 0 Å². The van der Waals surface area contributed by atoms with Gasteiger partial charge in [-0.15, -0.1) is 0 Å². The molecular formula is C20H16F13NO6. The molecule has 0 bridgehead atoms. The van der Waals surface area contributed by atoms with Crippen molar-refractivity contribution in [3.05, 3.63) is 35.4 Å². The Morgan fingerprint density at radius 2 is 1.18 bits per heavy atom. The van der Waals surface area contributed by atoms with Gasteiger partial charge < -0.3 is 20.3 Å². The van der Waals surface area contributed by atoms with Crippen LogP contribution in [0.2, 0.25) is 0 Å². The number of amides is 1. The number of benzene rings is 1. The van der Waals surface area contributed by atoms with E-state index < -0.39 is 85.7 Å². The number of aliphatic carboxylic acids is 2. The van der Waals surface area contributed by atoms with Gasteiger partial charge in [0, 0.05) is 6.42 Å².